The van der Waals surface area contributed by atoms with Crippen LogP contribution < -0.4 is 5.32 Å². The third-order valence-corrected chi connectivity index (χ3v) is 4.37. The van der Waals surface area contributed by atoms with Crippen LogP contribution in [0, 0.1) is 0 Å². The van der Waals surface area contributed by atoms with Crippen molar-refractivity contribution in [2.24, 2.45) is 0 Å². The fraction of sp³-hybridized carbons (Fsp3) is 0.300. The molecule has 0 aromatic heterocycles. The number of carboxylic acids is 1. The summed E-state index contributed by atoms with van der Waals surface area (Å²) in [6, 6.07) is 14.6. The van der Waals surface area contributed by atoms with Gasteiger partial charge >= 0.3 is 5.97 Å². The zero-order valence-electron chi connectivity index (χ0n) is 14.5. The quantitative estimate of drug-likeness (QED) is 0.833. The van der Waals surface area contributed by atoms with Gasteiger partial charge in [-0.05, 0) is 35.4 Å². The van der Waals surface area contributed by atoms with Crippen molar-refractivity contribution in [3.05, 3.63) is 65.2 Å². The minimum atomic E-state index is -0.924. The van der Waals surface area contributed by atoms with Crippen molar-refractivity contribution in [1.82, 2.24) is 4.90 Å². The number of carboxylic acid groups (broad SMARTS) is 1. The van der Waals surface area contributed by atoms with E-state index in [1.54, 1.807) is 24.3 Å². The first-order valence-electron chi connectivity index (χ1n) is 8.62. The van der Waals surface area contributed by atoms with E-state index in [0.717, 1.165) is 16.8 Å². The first kappa shape index (κ1) is 17.9. The van der Waals surface area contributed by atoms with Crippen LogP contribution in [0.3, 0.4) is 0 Å². The minimum absolute atomic E-state index is 0.132. The zero-order valence-corrected chi connectivity index (χ0v) is 14.5. The first-order chi connectivity index (χ1) is 12.6. The maximum atomic E-state index is 12.3. The molecule has 1 heterocycles. The average Bonchev–Trinajstić information content (AvgIpc) is 2.68. The lowest BCUT2D eigenvalue weighted by Crippen LogP contribution is -2.41. The molecule has 2 aromatic carbocycles. The second kappa shape index (κ2) is 8.49. The van der Waals surface area contributed by atoms with Gasteiger partial charge in [-0.1, -0.05) is 24.3 Å². The van der Waals surface area contributed by atoms with Crippen LogP contribution in [-0.2, 0) is 22.5 Å². The van der Waals surface area contributed by atoms with E-state index < -0.39 is 5.97 Å². The Bertz CT molecular complexity index is 750. The van der Waals surface area contributed by atoms with E-state index in [0.29, 0.717) is 39.3 Å². The number of amides is 1. The number of nitrogens with zero attached hydrogens (tertiary/aromatic N) is 1. The van der Waals surface area contributed by atoms with Gasteiger partial charge in [0.05, 0.1) is 25.2 Å². The maximum Gasteiger partial charge on any atom is 0.335 e. The molecule has 136 valence electrons. The molecule has 1 amide bonds. The minimum Gasteiger partial charge on any atom is -0.478 e. The van der Waals surface area contributed by atoms with E-state index in [1.807, 2.05) is 29.2 Å². The number of aromatic carboxylic acids is 1. The molecule has 0 spiro atoms. The Kier molecular flexibility index (Phi) is 5.86. The molecular weight excluding hydrogens is 332 g/mol. The molecular formula is C20H22N2O4. The summed E-state index contributed by atoms with van der Waals surface area (Å²) >= 11 is 0. The van der Waals surface area contributed by atoms with Gasteiger partial charge in [0, 0.05) is 25.3 Å². The average molecular weight is 354 g/mol. The van der Waals surface area contributed by atoms with E-state index in [1.165, 1.54) is 0 Å². The molecule has 0 aliphatic carbocycles. The molecule has 1 aliphatic heterocycles. The second-order valence-electron chi connectivity index (χ2n) is 6.22. The molecule has 1 aliphatic rings. The van der Waals surface area contributed by atoms with Crippen molar-refractivity contribution in [1.29, 1.82) is 0 Å². The fourth-order valence-electron chi connectivity index (χ4n) is 2.81. The number of ether oxygens (including phenoxy) is 1. The Morgan fingerprint density at radius 3 is 2.19 bits per heavy atom. The summed E-state index contributed by atoms with van der Waals surface area (Å²) in [4.78, 5) is 24.9. The lowest BCUT2D eigenvalue weighted by Gasteiger charge is -2.26. The van der Waals surface area contributed by atoms with E-state index in [9.17, 15) is 9.59 Å². The van der Waals surface area contributed by atoms with Crippen LogP contribution in [-0.4, -0.2) is 48.2 Å². The summed E-state index contributed by atoms with van der Waals surface area (Å²) in [7, 11) is 0. The van der Waals surface area contributed by atoms with Gasteiger partial charge in [0.15, 0.2) is 0 Å². The van der Waals surface area contributed by atoms with E-state index in [4.69, 9.17) is 9.84 Å². The monoisotopic (exact) mass is 354 g/mol. The number of carbonyl (C=O) groups excluding carboxylic acids is 1. The summed E-state index contributed by atoms with van der Waals surface area (Å²) in [6.45, 7) is 3.16. The molecule has 0 atom stereocenters. The number of hydrogen-bond donors (Lipinski definition) is 2. The van der Waals surface area contributed by atoms with Crippen LogP contribution in [0.2, 0.25) is 0 Å². The van der Waals surface area contributed by atoms with Gasteiger partial charge in [0.2, 0.25) is 5.91 Å². The molecule has 1 saturated heterocycles. The molecule has 0 saturated carbocycles. The summed E-state index contributed by atoms with van der Waals surface area (Å²) in [5.74, 6) is -0.792. The molecule has 3 rings (SSSR count). The molecule has 6 nitrogen and oxygen atoms in total. The van der Waals surface area contributed by atoms with Crippen LogP contribution in [0.4, 0.5) is 5.69 Å². The Hall–Kier alpha value is -2.86. The molecule has 0 unspecified atom stereocenters. The summed E-state index contributed by atoms with van der Waals surface area (Å²) in [6.07, 6.45) is 0.400. The number of rotatable bonds is 6. The van der Waals surface area contributed by atoms with Gasteiger partial charge in [0.25, 0.3) is 0 Å². The third-order valence-electron chi connectivity index (χ3n) is 4.37. The number of anilines is 1. The lowest BCUT2D eigenvalue weighted by atomic mass is 10.1. The predicted molar refractivity (Wildman–Crippen MR) is 98.3 cm³/mol. The molecule has 1 fully saturated rings. The topological polar surface area (TPSA) is 78.9 Å². The molecule has 6 heteroatoms. The first-order valence-corrected chi connectivity index (χ1v) is 8.62. The molecule has 2 N–H and O–H groups in total. The van der Waals surface area contributed by atoms with Crippen LogP contribution in [0.15, 0.2) is 48.5 Å². The molecule has 26 heavy (non-hydrogen) atoms. The van der Waals surface area contributed by atoms with Crippen molar-refractivity contribution < 1.29 is 19.4 Å². The van der Waals surface area contributed by atoms with E-state index in [-0.39, 0.29) is 11.5 Å². The van der Waals surface area contributed by atoms with Crippen LogP contribution in [0.25, 0.3) is 0 Å². The van der Waals surface area contributed by atoms with Crippen molar-refractivity contribution in [2.45, 2.75) is 13.0 Å². The van der Waals surface area contributed by atoms with E-state index >= 15 is 0 Å². The Labute approximate surface area is 152 Å². The highest BCUT2D eigenvalue weighted by Crippen LogP contribution is 2.13. The number of hydrogen-bond acceptors (Lipinski definition) is 4. The number of nitrogens with one attached hydrogen (secondary N) is 1. The normalized spacial score (nSPS) is 14.1. The van der Waals surface area contributed by atoms with Crippen LogP contribution >= 0.6 is 0 Å². The number of benzene rings is 2. The molecule has 0 bridgehead atoms. The van der Waals surface area contributed by atoms with Crippen LogP contribution in [0.1, 0.15) is 21.5 Å². The summed E-state index contributed by atoms with van der Waals surface area (Å²) in [5.41, 5.74) is 3.22. The Morgan fingerprint density at radius 1 is 0.962 bits per heavy atom. The Balaban J connectivity index is 1.50. The number of morpholine rings is 1. The van der Waals surface area contributed by atoms with Gasteiger partial charge in [-0.15, -0.1) is 0 Å². The highest BCUT2D eigenvalue weighted by atomic mass is 16.5. The summed E-state index contributed by atoms with van der Waals surface area (Å²) < 4.78 is 5.27. The van der Waals surface area contributed by atoms with E-state index in [2.05, 4.69) is 5.32 Å². The number of carbonyl (C=O) groups is 2. The highest BCUT2D eigenvalue weighted by molar-refractivity contribution is 5.87. The van der Waals surface area contributed by atoms with Gasteiger partial charge < -0.3 is 20.1 Å². The lowest BCUT2D eigenvalue weighted by molar-refractivity contribution is -0.134. The van der Waals surface area contributed by atoms with Crippen LogP contribution in [0.5, 0.6) is 0 Å². The van der Waals surface area contributed by atoms with Crippen molar-refractivity contribution in [3.8, 4) is 0 Å². The maximum absolute atomic E-state index is 12.3. The highest BCUT2D eigenvalue weighted by Gasteiger charge is 2.16. The van der Waals surface area contributed by atoms with Crippen molar-refractivity contribution in [2.75, 3.05) is 31.6 Å². The predicted octanol–water partition coefficient (Wildman–Crippen LogP) is 2.40. The standard InChI is InChI=1S/C20H22N2O4/c23-19(22-9-11-26-12-10-22)13-15-3-7-18(8-4-15)21-14-16-1-5-17(6-2-16)20(24)25/h1-8,21H,9-14H2,(H,24,25). The molecule has 0 radical (unpaired) electrons. The SMILES string of the molecule is O=C(O)c1ccc(CNc2ccc(CC(=O)N3CCOCC3)cc2)cc1. The summed E-state index contributed by atoms with van der Waals surface area (Å²) in [5, 5.41) is 12.2. The second-order valence-corrected chi connectivity index (χ2v) is 6.22. The largest absolute Gasteiger partial charge is 0.478 e. The third kappa shape index (κ3) is 4.83. The van der Waals surface area contributed by atoms with Gasteiger partial charge in [-0.2, -0.15) is 0 Å². The van der Waals surface area contributed by atoms with Gasteiger partial charge in [0.1, 0.15) is 0 Å². The van der Waals surface area contributed by atoms with Crippen molar-refractivity contribution in [3.63, 3.8) is 0 Å². The Morgan fingerprint density at radius 2 is 1.58 bits per heavy atom. The van der Waals surface area contributed by atoms with Gasteiger partial charge in [-0.3, -0.25) is 4.79 Å². The zero-order chi connectivity index (χ0) is 18.4. The smallest absolute Gasteiger partial charge is 0.335 e. The molecule has 2 aromatic rings. The van der Waals surface area contributed by atoms with Gasteiger partial charge in [-0.25, -0.2) is 4.79 Å². The fourth-order valence-corrected chi connectivity index (χ4v) is 2.81. The van der Waals surface area contributed by atoms with Crippen molar-refractivity contribution >= 4 is 17.6 Å².